The molecule has 0 amide bonds. The summed E-state index contributed by atoms with van der Waals surface area (Å²) < 4.78 is 0. The molecule has 4 fully saturated rings. The number of rotatable bonds is 2. The molecule has 0 spiro atoms. The number of hydrogen-bond acceptors (Lipinski definition) is 5. The summed E-state index contributed by atoms with van der Waals surface area (Å²) in [6, 6.07) is 0. The molecule has 0 aromatic rings. The van der Waals surface area contributed by atoms with Gasteiger partial charge in [0.15, 0.2) is 5.78 Å². The van der Waals surface area contributed by atoms with Gasteiger partial charge in [0, 0.05) is 17.8 Å². The summed E-state index contributed by atoms with van der Waals surface area (Å²) in [4.78, 5) is 25.7. The average Bonchev–Trinajstić information content (AvgIpc) is 3.06. The molecule has 5 aliphatic carbocycles. The second kappa shape index (κ2) is 8.96. The Morgan fingerprint density at radius 3 is 2.34 bits per heavy atom. The molecule has 32 heavy (non-hydrogen) atoms. The van der Waals surface area contributed by atoms with Crippen molar-refractivity contribution in [3.8, 4) is 0 Å². The largest absolute Gasteiger partial charge is 0.393 e. The highest BCUT2D eigenvalue weighted by molar-refractivity contribution is 5.92. The predicted molar refractivity (Wildman–Crippen MR) is 123 cm³/mol. The monoisotopic (exact) mass is 446 g/mol. The molecule has 5 nitrogen and oxygen atoms in total. The quantitative estimate of drug-likeness (QED) is 0.558. The number of allylic oxidation sites excluding steroid dienone is 2. The Kier molecular flexibility index (Phi) is 6.75. The number of ketones is 2. The van der Waals surface area contributed by atoms with Crippen LogP contribution in [0.1, 0.15) is 90.9 Å². The summed E-state index contributed by atoms with van der Waals surface area (Å²) >= 11 is 0. The van der Waals surface area contributed by atoms with E-state index >= 15 is 0 Å². The Hall–Kier alpha value is -1.04. The van der Waals surface area contributed by atoms with Crippen LogP contribution in [0.3, 0.4) is 0 Å². The lowest BCUT2D eigenvalue weighted by molar-refractivity contribution is -0.180. The molecule has 8 atom stereocenters. The first-order chi connectivity index (χ1) is 15.2. The number of aliphatic hydroxyl groups excluding tert-OH is 2. The normalized spacial score (nSPS) is 47.5. The topological polar surface area (TPSA) is 94.8 Å². The minimum absolute atomic E-state index is 0.0154. The van der Waals surface area contributed by atoms with E-state index in [1.165, 1.54) is 25.7 Å². The molecule has 5 heteroatoms. The molecule has 4 saturated carbocycles. The molecule has 0 bridgehead atoms. The van der Waals surface area contributed by atoms with Crippen molar-refractivity contribution in [2.24, 2.45) is 34.5 Å². The minimum Gasteiger partial charge on any atom is -0.393 e. The summed E-state index contributed by atoms with van der Waals surface area (Å²) in [7, 11) is 0. The van der Waals surface area contributed by atoms with Gasteiger partial charge in [-0.15, -0.1) is 0 Å². The van der Waals surface area contributed by atoms with E-state index < -0.39 is 23.4 Å². The van der Waals surface area contributed by atoms with Gasteiger partial charge in [-0.05, 0) is 93.8 Å². The van der Waals surface area contributed by atoms with Crippen LogP contribution in [-0.2, 0) is 9.59 Å². The van der Waals surface area contributed by atoms with E-state index in [0.29, 0.717) is 12.3 Å². The lowest BCUT2D eigenvalue weighted by atomic mass is 9.44. The zero-order chi connectivity index (χ0) is 23.1. The van der Waals surface area contributed by atoms with Crippen LogP contribution in [0.2, 0.25) is 0 Å². The maximum Gasteiger partial charge on any atom is 0.190 e. The first kappa shape index (κ1) is 24.1. The molecule has 0 heterocycles. The van der Waals surface area contributed by atoms with Crippen LogP contribution in [0.4, 0.5) is 0 Å². The number of hydrogen-bond donors (Lipinski definition) is 3. The molecule has 5 rings (SSSR count). The summed E-state index contributed by atoms with van der Waals surface area (Å²) in [5.41, 5.74) is -2.40. The maximum atomic E-state index is 13.4. The van der Waals surface area contributed by atoms with Crippen molar-refractivity contribution < 1.29 is 24.9 Å². The summed E-state index contributed by atoms with van der Waals surface area (Å²) in [6.07, 6.45) is 15.5. The van der Waals surface area contributed by atoms with Crippen molar-refractivity contribution >= 4 is 11.6 Å². The molecule has 5 aliphatic rings. The zero-order valence-electron chi connectivity index (χ0n) is 19.9. The third-order valence-corrected chi connectivity index (χ3v) is 10.2. The van der Waals surface area contributed by atoms with Crippen molar-refractivity contribution in [3.63, 3.8) is 0 Å². The number of carbonyl (C=O) groups is 2. The standard InChI is InChI=1S/C21H32O5.C6H10/c1-19-7-5-13(23)9-12(19)3-4-14-15-6-8-21(26,17(25)11-22)20(15,2)10-16(24)18(14)19;1-2-4-6-5-3-1/h12-15,18,22-23,26H,3-11H2,1-2H3;1-2H,3-6H2/t12-,13-,14+,15+,18-,19+,20+,21+;/m1./s1. The van der Waals surface area contributed by atoms with Gasteiger partial charge in [-0.3, -0.25) is 9.59 Å². The Morgan fingerprint density at radius 2 is 1.75 bits per heavy atom. The third kappa shape index (κ3) is 3.73. The second-order valence-corrected chi connectivity index (χ2v) is 11.8. The van der Waals surface area contributed by atoms with E-state index in [1.54, 1.807) is 0 Å². The molecule has 0 saturated heterocycles. The third-order valence-electron chi connectivity index (χ3n) is 10.2. The Morgan fingerprint density at radius 1 is 1.06 bits per heavy atom. The fraction of sp³-hybridized carbons (Fsp3) is 0.852. The fourth-order valence-electron chi connectivity index (χ4n) is 8.40. The Bertz CT molecular complexity index is 753. The molecule has 0 radical (unpaired) electrons. The lowest BCUT2D eigenvalue weighted by Crippen LogP contribution is -2.62. The van der Waals surface area contributed by atoms with Gasteiger partial charge in [0.1, 0.15) is 18.0 Å². The molecule has 0 aliphatic heterocycles. The molecule has 3 N–H and O–H groups in total. The molecule has 180 valence electrons. The summed E-state index contributed by atoms with van der Waals surface area (Å²) in [5, 5.41) is 30.6. The van der Waals surface area contributed by atoms with Crippen molar-refractivity contribution in [2.45, 2.75) is 103 Å². The first-order valence-electron chi connectivity index (χ1n) is 12.9. The van der Waals surface area contributed by atoms with E-state index in [4.69, 9.17) is 0 Å². The van der Waals surface area contributed by atoms with Crippen LogP contribution in [0.15, 0.2) is 12.2 Å². The second-order valence-electron chi connectivity index (χ2n) is 11.8. The van der Waals surface area contributed by atoms with E-state index in [0.717, 1.165) is 38.5 Å². The van der Waals surface area contributed by atoms with Crippen molar-refractivity contribution in [1.82, 2.24) is 0 Å². The highest BCUT2D eigenvalue weighted by atomic mass is 16.3. The van der Waals surface area contributed by atoms with E-state index in [1.807, 2.05) is 6.92 Å². The number of fused-ring (bicyclic) bond motifs is 5. The van der Waals surface area contributed by atoms with Gasteiger partial charge >= 0.3 is 0 Å². The fourth-order valence-corrected chi connectivity index (χ4v) is 8.40. The van der Waals surface area contributed by atoms with E-state index in [9.17, 15) is 24.9 Å². The average molecular weight is 447 g/mol. The van der Waals surface area contributed by atoms with E-state index in [-0.39, 0.29) is 41.5 Å². The molecular formula is C27H42O5. The highest BCUT2D eigenvalue weighted by Crippen LogP contribution is 2.67. The Labute approximate surface area is 192 Å². The summed E-state index contributed by atoms with van der Waals surface area (Å²) in [6.45, 7) is 3.46. The smallest absolute Gasteiger partial charge is 0.190 e. The van der Waals surface area contributed by atoms with Crippen LogP contribution >= 0.6 is 0 Å². The summed E-state index contributed by atoms with van der Waals surface area (Å²) in [5.74, 6) is 0.380. The molecule has 0 unspecified atom stereocenters. The van der Waals surface area contributed by atoms with Crippen LogP contribution in [-0.4, -0.2) is 45.2 Å². The van der Waals surface area contributed by atoms with E-state index in [2.05, 4.69) is 19.1 Å². The maximum absolute atomic E-state index is 13.4. The number of Topliss-reactive ketones (excluding diaryl/α,β-unsaturated/α-hetero) is 2. The predicted octanol–water partition coefficient (Wildman–Crippen LogP) is 3.98. The van der Waals surface area contributed by atoms with Gasteiger partial charge < -0.3 is 15.3 Å². The SMILES string of the molecule is C1=CCCCC1.C[C@]12CC[C@@H](O)C[C@H]1CC[C@@H]1[C@@H]2C(=O)C[C@@]2(C)[C@H]1CC[C@]2(O)C(=O)CO. The van der Waals surface area contributed by atoms with Crippen molar-refractivity contribution in [3.05, 3.63) is 12.2 Å². The van der Waals surface area contributed by atoms with Crippen LogP contribution in [0.25, 0.3) is 0 Å². The highest BCUT2D eigenvalue weighted by Gasteiger charge is 2.68. The van der Waals surface area contributed by atoms with Crippen LogP contribution in [0, 0.1) is 34.5 Å². The van der Waals surface area contributed by atoms with Gasteiger partial charge in [-0.25, -0.2) is 0 Å². The van der Waals surface area contributed by atoms with Gasteiger partial charge in [0.05, 0.1) is 6.10 Å². The molecular weight excluding hydrogens is 404 g/mol. The molecule has 0 aromatic heterocycles. The van der Waals surface area contributed by atoms with Gasteiger partial charge in [0.2, 0.25) is 0 Å². The van der Waals surface area contributed by atoms with Crippen LogP contribution < -0.4 is 0 Å². The number of aliphatic hydroxyl groups is 3. The lowest BCUT2D eigenvalue weighted by Gasteiger charge is -2.60. The molecule has 0 aromatic carbocycles. The minimum atomic E-state index is -1.58. The van der Waals surface area contributed by atoms with Gasteiger partial charge in [-0.1, -0.05) is 26.0 Å². The van der Waals surface area contributed by atoms with Crippen molar-refractivity contribution in [1.29, 1.82) is 0 Å². The van der Waals surface area contributed by atoms with Gasteiger partial charge in [-0.2, -0.15) is 0 Å². The Balaban J connectivity index is 0.000000354. The van der Waals surface area contributed by atoms with Crippen LogP contribution in [0.5, 0.6) is 0 Å². The van der Waals surface area contributed by atoms with Crippen molar-refractivity contribution in [2.75, 3.05) is 6.61 Å². The first-order valence-corrected chi connectivity index (χ1v) is 12.9. The zero-order valence-corrected chi connectivity index (χ0v) is 19.9. The van der Waals surface area contributed by atoms with Gasteiger partial charge in [0.25, 0.3) is 0 Å². The number of carbonyl (C=O) groups excluding carboxylic acids is 2.